The third-order valence-corrected chi connectivity index (χ3v) is 4.65. The van der Waals surface area contributed by atoms with Crippen LogP contribution in [-0.4, -0.2) is 11.1 Å². The van der Waals surface area contributed by atoms with Crippen molar-refractivity contribution < 1.29 is 14.6 Å². The smallest absolute Gasteiger partial charge is 0.318 e. The summed E-state index contributed by atoms with van der Waals surface area (Å²) in [5, 5.41) is 9.28. The lowest BCUT2D eigenvalue weighted by atomic mass is 9.82. The number of hydrogen-bond donors (Lipinski definition) is 1. The maximum Gasteiger partial charge on any atom is 0.318 e. The van der Waals surface area contributed by atoms with E-state index in [0.717, 1.165) is 19.3 Å². The Bertz CT molecular complexity index is 522. The number of aromatic hydroxyl groups is 1. The Labute approximate surface area is 127 Å². The quantitative estimate of drug-likeness (QED) is 0.654. The molecule has 116 valence electrons. The Hall–Kier alpha value is -1.51. The van der Waals surface area contributed by atoms with Gasteiger partial charge < -0.3 is 9.84 Å². The summed E-state index contributed by atoms with van der Waals surface area (Å²) in [6.07, 6.45) is 2.74. The number of hydrogen-bond acceptors (Lipinski definition) is 3. The molecule has 0 aliphatic heterocycles. The Kier molecular flexibility index (Phi) is 3.81. The molecule has 1 fully saturated rings. The van der Waals surface area contributed by atoms with Crippen LogP contribution in [0.4, 0.5) is 0 Å². The molecule has 1 N–H and O–H groups in total. The molecule has 0 saturated heterocycles. The fourth-order valence-electron chi connectivity index (χ4n) is 2.89. The summed E-state index contributed by atoms with van der Waals surface area (Å²) in [5.74, 6) is 0.530. The second kappa shape index (κ2) is 5.04. The first-order chi connectivity index (χ1) is 9.56. The van der Waals surface area contributed by atoms with Crippen molar-refractivity contribution in [1.29, 1.82) is 0 Å². The normalized spacial score (nSPS) is 23.7. The third kappa shape index (κ3) is 3.39. The lowest BCUT2D eigenvalue weighted by molar-refractivity contribution is -0.142. The number of benzene rings is 1. The molecule has 0 bridgehead atoms. The van der Waals surface area contributed by atoms with E-state index in [9.17, 15) is 9.90 Å². The van der Waals surface area contributed by atoms with E-state index in [0.29, 0.717) is 5.75 Å². The Morgan fingerprint density at radius 2 is 1.76 bits per heavy atom. The molecule has 0 amide bonds. The largest absolute Gasteiger partial charge is 0.508 e. The molecule has 21 heavy (non-hydrogen) atoms. The van der Waals surface area contributed by atoms with Crippen LogP contribution in [0.25, 0.3) is 0 Å². The van der Waals surface area contributed by atoms with Crippen LogP contribution < -0.4 is 4.74 Å². The first kappa shape index (κ1) is 15.9. The van der Waals surface area contributed by atoms with Crippen LogP contribution in [0.2, 0.25) is 0 Å². The first-order valence-electron chi connectivity index (χ1n) is 7.57. The Balaban J connectivity index is 2.09. The predicted molar refractivity (Wildman–Crippen MR) is 83.3 cm³/mol. The number of ether oxygens (including phenoxy) is 1. The van der Waals surface area contributed by atoms with Gasteiger partial charge in [-0.05, 0) is 54.4 Å². The molecule has 1 aromatic rings. The number of phenols is 1. The van der Waals surface area contributed by atoms with Crippen LogP contribution in [0, 0.1) is 16.2 Å². The summed E-state index contributed by atoms with van der Waals surface area (Å²) < 4.78 is 5.55. The van der Waals surface area contributed by atoms with Crippen molar-refractivity contribution in [3.05, 3.63) is 24.3 Å². The summed E-state index contributed by atoms with van der Waals surface area (Å²) in [7, 11) is 0. The van der Waals surface area contributed by atoms with E-state index in [1.807, 2.05) is 0 Å². The summed E-state index contributed by atoms with van der Waals surface area (Å²) in [5.41, 5.74) is -0.144. The fraction of sp³-hybridized carbons (Fsp3) is 0.611. The second-order valence-electron chi connectivity index (χ2n) is 8.09. The minimum absolute atomic E-state index is 0.00620. The lowest BCUT2D eigenvalue weighted by Crippen LogP contribution is -2.28. The molecule has 0 radical (unpaired) electrons. The van der Waals surface area contributed by atoms with E-state index >= 15 is 0 Å². The first-order valence-corrected chi connectivity index (χ1v) is 7.57. The molecule has 0 heterocycles. The van der Waals surface area contributed by atoms with Gasteiger partial charge in [0.25, 0.3) is 0 Å². The molecule has 1 atom stereocenters. The fourth-order valence-corrected chi connectivity index (χ4v) is 2.89. The van der Waals surface area contributed by atoms with Crippen molar-refractivity contribution in [3.8, 4) is 11.5 Å². The predicted octanol–water partition coefficient (Wildman–Crippen LogP) is 4.54. The molecule has 0 spiro atoms. The monoisotopic (exact) mass is 290 g/mol. The van der Waals surface area contributed by atoms with Gasteiger partial charge in [-0.15, -0.1) is 0 Å². The van der Waals surface area contributed by atoms with Gasteiger partial charge in [-0.1, -0.05) is 34.6 Å². The SMILES string of the molecule is CC(C)(C)CCC1(C(=O)Oc2ccc(O)cc2)CC1(C)C. The number of esters is 1. The van der Waals surface area contributed by atoms with Crippen molar-refractivity contribution in [2.45, 2.75) is 53.9 Å². The summed E-state index contributed by atoms with van der Waals surface area (Å²) in [4.78, 5) is 12.6. The van der Waals surface area contributed by atoms with Gasteiger partial charge in [0.15, 0.2) is 0 Å². The molecular formula is C18H26O3. The van der Waals surface area contributed by atoms with Crippen molar-refractivity contribution in [2.24, 2.45) is 16.2 Å². The van der Waals surface area contributed by atoms with Gasteiger partial charge in [-0.3, -0.25) is 4.79 Å². The Morgan fingerprint density at radius 1 is 1.24 bits per heavy atom. The van der Waals surface area contributed by atoms with E-state index < -0.39 is 0 Å². The lowest BCUT2D eigenvalue weighted by Gasteiger charge is -2.24. The minimum atomic E-state index is -0.363. The molecule has 3 heteroatoms. The average molecular weight is 290 g/mol. The third-order valence-electron chi connectivity index (χ3n) is 4.65. The van der Waals surface area contributed by atoms with Crippen molar-refractivity contribution in [3.63, 3.8) is 0 Å². The number of rotatable bonds is 4. The van der Waals surface area contributed by atoms with Gasteiger partial charge >= 0.3 is 5.97 Å². The van der Waals surface area contributed by atoms with Gasteiger partial charge in [-0.25, -0.2) is 0 Å². The number of carbonyl (C=O) groups is 1. The van der Waals surface area contributed by atoms with Crippen LogP contribution in [0.15, 0.2) is 24.3 Å². The van der Waals surface area contributed by atoms with Crippen LogP contribution in [-0.2, 0) is 4.79 Å². The molecule has 1 aliphatic rings. The van der Waals surface area contributed by atoms with E-state index in [4.69, 9.17) is 4.74 Å². The zero-order valence-corrected chi connectivity index (χ0v) is 13.7. The molecular weight excluding hydrogens is 264 g/mol. The second-order valence-corrected chi connectivity index (χ2v) is 8.09. The molecule has 1 unspecified atom stereocenters. The van der Waals surface area contributed by atoms with Crippen LogP contribution >= 0.6 is 0 Å². The summed E-state index contributed by atoms with van der Waals surface area (Å²) in [6.45, 7) is 10.9. The van der Waals surface area contributed by atoms with Gasteiger partial charge in [0, 0.05) is 0 Å². The van der Waals surface area contributed by atoms with Gasteiger partial charge in [0.05, 0.1) is 5.41 Å². The van der Waals surface area contributed by atoms with Gasteiger partial charge in [0.2, 0.25) is 0 Å². The zero-order valence-electron chi connectivity index (χ0n) is 13.7. The maximum absolute atomic E-state index is 12.6. The molecule has 0 aromatic heterocycles. The molecule has 1 saturated carbocycles. The maximum atomic E-state index is 12.6. The van der Waals surface area contributed by atoms with Crippen molar-refractivity contribution in [1.82, 2.24) is 0 Å². The highest BCUT2D eigenvalue weighted by atomic mass is 16.5. The molecule has 3 nitrogen and oxygen atoms in total. The van der Waals surface area contributed by atoms with Crippen LogP contribution in [0.3, 0.4) is 0 Å². The standard InChI is InChI=1S/C18H26O3/c1-16(2,3)10-11-18(12-17(18,4)5)15(20)21-14-8-6-13(19)7-9-14/h6-9,19H,10-12H2,1-5H3. The summed E-state index contributed by atoms with van der Waals surface area (Å²) >= 11 is 0. The highest BCUT2D eigenvalue weighted by molar-refractivity contribution is 5.83. The highest BCUT2D eigenvalue weighted by Gasteiger charge is 2.66. The number of carbonyl (C=O) groups excluding carboxylic acids is 1. The summed E-state index contributed by atoms with van der Waals surface area (Å²) in [6, 6.07) is 6.31. The highest BCUT2D eigenvalue weighted by Crippen LogP contribution is 2.67. The topological polar surface area (TPSA) is 46.5 Å². The van der Waals surface area contributed by atoms with E-state index in [1.54, 1.807) is 12.1 Å². The van der Waals surface area contributed by atoms with Gasteiger partial charge in [-0.2, -0.15) is 0 Å². The Morgan fingerprint density at radius 3 is 2.19 bits per heavy atom. The van der Waals surface area contributed by atoms with Crippen LogP contribution in [0.1, 0.15) is 53.9 Å². The minimum Gasteiger partial charge on any atom is -0.508 e. The van der Waals surface area contributed by atoms with E-state index in [2.05, 4.69) is 34.6 Å². The number of phenolic OH excluding ortho intramolecular Hbond substituents is 1. The zero-order chi connectivity index (χ0) is 15.9. The average Bonchev–Trinajstić information content (AvgIpc) is 2.93. The van der Waals surface area contributed by atoms with Crippen molar-refractivity contribution >= 4 is 5.97 Å². The van der Waals surface area contributed by atoms with E-state index in [1.165, 1.54) is 12.1 Å². The van der Waals surface area contributed by atoms with E-state index in [-0.39, 0.29) is 28.0 Å². The molecule has 1 aromatic carbocycles. The molecule has 1 aliphatic carbocycles. The molecule has 2 rings (SSSR count). The van der Waals surface area contributed by atoms with Crippen molar-refractivity contribution in [2.75, 3.05) is 0 Å². The van der Waals surface area contributed by atoms with Gasteiger partial charge in [0.1, 0.15) is 11.5 Å². The van der Waals surface area contributed by atoms with Crippen LogP contribution in [0.5, 0.6) is 11.5 Å².